The van der Waals surface area contributed by atoms with E-state index in [1.54, 1.807) is 13.3 Å². The first-order valence-corrected chi connectivity index (χ1v) is 9.64. The predicted molar refractivity (Wildman–Crippen MR) is 126 cm³/mol. The number of benzene rings is 1. The zero-order chi connectivity index (χ0) is 20.0. The molecule has 0 unspecified atom stereocenters. The molecule has 0 bridgehead atoms. The van der Waals surface area contributed by atoms with Crippen molar-refractivity contribution in [2.75, 3.05) is 26.7 Å². The smallest absolute Gasteiger partial charge is 0.251 e. The number of amides is 1. The molecule has 0 atom stereocenters. The second-order valence-electron chi connectivity index (χ2n) is 6.29. The molecule has 0 spiro atoms. The first-order valence-electron chi connectivity index (χ1n) is 9.64. The highest BCUT2D eigenvalue weighted by Gasteiger charge is 2.06. The molecule has 1 aromatic heterocycles. The highest BCUT2D eigenvalue weighted by molar-refractivity contribution is 14.0. The minimum atomic E-state index is -0.0410. The van der Waals surface area contributed by atoms with Crippen molar-refractivity contribution in [1.82, 2.24) is 16.0 Å². The van der Waals surface area contributed by atoms with Crippen LogP contribution in [0.1, 0.15) is 41.4 Å². The molecule has 1 aromatic carbocycles. The fourth-order valence-electron chi connectivity index (χ4n) is 2.52. The van der Waals surface area contributed by atoms with Gasteiger partial charge < -0.3 is 25.1 Å². The van der Waals surface area contributed by atoms with Gasteiger partial charge in [-0.15, -0.1) is 24.0 Å². The van der Waals surface area contributed by atoms with Crippen molar-refractivity contribution in [3.63, 3.8) is 0 Å². The van der Waals surface area contributed by atoms with Crippen molar-refractivity contribution in [2.24, 2.45) is 4.99 Å². The number of hydrogen-bond donors (Lipinski definition) is 3. The summed E-state index contributed by atoms with van der Waals surface area (Å²) in [5.41, 5.74) is 1.69. The molecule has 0 aliphatic rings. The van der Waals surface area contributed by atoms with Gasteiger partial charge >= 0.3 is 0 Å². The van der Waals surface area contributed by atoms with E-state index in [9.17, 15) is 4.79 Å². The number of nitrogens with one attached hydrogen (secondary N) is 3. The van der Waals surface area contributed by atoms with Gasteiger partial charge in [-0.2, -0.15) is 0 Å². The molecule has 160 valence electrons. The highest BCUT2D eigenvalue weighted by atomic mass is 127. The Bertz CT molecular complexity index is 735. The maximum absolute atomic E-state index is 12.1. The number of halogens is 1. The zero-order valence-corrected chi connectivity index (χ0v) is 19.4. The van der Waals surface area contributed by atoms with Gasteiger partial charge in [-0.3, -0.25) is 9.79 Å². The number of hydrogen-bond acceptors (Lipinski definition) is 4. The zero-order valence-electron chi connectivity index (χ0n) is 17.1. The number of carbonyl (C=O) groups is 1. The normalized spacial score (nSPS) is 10.9. The lowest BCUT2D eigenvalue weighted by molar-refractivity contribution is 0.0953. The van der Waals surface area contributed by atoms with E-state index < -0.39 is 0 Å². The molecular formula is C21H31IN4O3. The fraction of sp³-hybridized carbons (Fsp3) is 0.429. The molecule has 0 aliphatic heterocycles. The summed E-state index contributed by atoms with van der Waals surface area (Å²) in [7, 11) is 1.73. The molecule has 3 N–H and O–H groups in total. The Kier molecular flexibility index (Phi) is 12.8. The largest absolute Gasteiger partial charge is 0.467 e. The summed E-state index contributed by atoms with van der Waals surface area (Å²) in [4.78, 5) is 16.3. The lowest BCUT2D eigenvalue weighted by Gasteiger charge is -2.12. The summed E-state index contributed by atoms with van der Waals surface area (Å²) in [6.07, 6.45) is 3.42. The van der Waals surface area contributed by atoms with Crippen molar-refractivity contribution >= 4 is 35.8 Å². The van der Waals surface area contributed by atoms with Crippen LogP contribution < -0.4 is 16.0 Å². The van der Waals surface area contributed by atoms with Crippen molar-refractivity contribution in [3.05, 3.63) is 59.5 Å². The average molecular weight is 514 g/mol. The van der Waals surface area contributed by atoms with E-state index in [-0.39, 0.29) is 29.9 Å². The van der Waals surface area contributed by atoms with Gasteiger partial charge in [-0.05, 0) is 42.7 Å². The molecule has 0 saturated carbocycles. The molecule has 0 fully saturated rings. The number of nitrogens with zero attached hydrogens (tertiary/aromatic N) is 1. The number of rotatable bonds is 11. The molecule has 1 amide bonds. The van der Waals surface area contributed by atoms with Crippen LogP contribution in [-0.2, 0) is 17.9 Å². The number of aliphatic imine (C=N–C) groups is 1. The molecule has 2 rings (SSSR count). The Morgan fingerprint density at radius 2 is 2.00 bits per heavy atom. The summed E-state index contributed by atoms with van der Waals surface area (Å²) < 4.78 is 10.8. The molecule has 0 radical (unpaired) electrons. The van der Waals surface area contributed by atoms with Crippen LogP contribution in [0, 0.1) is 0 Å². The monoisotopic (exact) mass is 514 g/mol. The summed E-state index contributed by atoms with van der Waals surface area (Å²) in [6.45, 7) is 5.18. The second kappa shape index (κ2) is 14.9. The maximum Gasteiger partial charge on any atom is 0.251 e. The molecule has 29 heavy (non-hydrogen) atoms. The van der Waals surface area contributed by atoms with Crippen LogP contribution in [-0.4, -0.2) is 38.6 Å². The molecule has 8 heteroatoms. The molecule has 0 aliphatic carbocycles. The first-order chi connectivity index (χ1) is 13.7. The van der Waals surface area contributed by atoms with Gasteiger partial charge in [0.1, 0.15) is 12.4 Å². The highest BCUT2D eigenvalue weighted by Crippen LogP contribution is 2.05. The van der Waals surface area contributed by atoms with E-state index in [0.717, 1.165) is 30.7 Å². The molecule has 0 saturated heterocycles. The van der Waals surface area contributed by atoms with Gasteiger partial charge in [-0.25, -0.2) is 0 Å². The Morgan fingerprint density at radius 3 is 2.72 bits per heavy atom. The molecule has 2 aromatic rings. The van der Waals surface area contributed by atoms with Crippen LogP contribution in [0.15, 0.2) is 52.1 Å². The van der Waals surface area contributed by atoms with Crippen LogP contribution in [0.25, 0.3) is 0 Å². The van der Waals surface area contributed by atoms with E-state index in [2.05, 4.69) is 20.9 Å². The van der Waals surface area contributed by atoms with E-state index in [1.807, 2.05) is 43.3 Å². The lowest BCUT2D eigenvalue weighted by atomic mass is 10.1. The van der Waals surface area contributed by atoms with Crippen molar-refractivity contribution in [2.45, 2.75) is 32.9 Å². The summed E-state index contributed by atoms with van der Waals surface area (Å²) in [6, 6.07) is 11.3. The van der Waals surface area contributed by atoms with Crippen LogP contribution in [0.2, 0.25) is 0 Å². The Balaban J connectivity index is 0.00000420. The predicted octanol–water partition coefficient (Wildman–Crippen LogP) is 3.31. The Morgan fingerprint density at radius 1 is 1.14 bits per heavy atom. The van der Waals surface area contributed by atoms with Crippen LogP contribution >= 0.6 is 24.0 Å². The average Bonchev–Trinajstić information content (AvgIpc) is 3.24. The number of furan rings is 1. The number of ether oxygens (including phenoxy) is 1. The quantitative estimate of drug-likeness (QED) is 0.185. The minimum Gasteiger partial charge on any atom is -0.467 e. The van der Waals surface area contributed by atoms with Gasteiger partial charge in [-0.1, -0.05) is 19.1 Å². The van der Waals surface area contributed by atoms with E-state index in [1.165, 1.54) is 0 Å². The third kappa shape index (κ3) is 9.80. The van der Waals surface area contributed by atoms with Crippen molar-refractivity contribution < 1.29 is 13.9 Å². The molecule has 7 nitrogen and oxygen atoms in total. The van der Waals surface area contributed by atoms with Crippen molar-refractivity contribution in [3.8, 4) is 0 Å². The standard InChI is InChI=1S/C21H30N4O3.HI/c1-3-10-23-20(26)18-8-4-7-17(14-18)15-25-21(22-2)24-11-6-12-27-16-19-9-5-13-28-19;/h4-5,7-9,13-14H,3,6,10-12,15-16H2,1-2H3,(H,23,26)(H2,22,24,25);1H. The van der Waals surface area contributed by atoms with E-state index in [0.29, 0.717) is 37.8 Å². The second-order valence-corrected chi connectivity index (χ2v) is 6.29. The van der Waals surface area contributed by atoms with Gasteiger partial charge in [0, 0.05) is 38.9 Å². The van der Waals surface area contributed by atoms with E-state index in [4.69, 9.17) is 9.15 Å². The van der Waals surface area contributed by atoms with Crippen LogP contribution in [0.5, 0.6) is 0 Å². The van der Waals surface area contributed by atoms with Gasteiger partial charge in [0.15, 0.2) is 5.96 Å². The summed E-state index contributed by atoms with van der Waals surface area (Å²) in [5, 5.41) is 9.41. The Labute approximate surface area is 189 Å². The van der Waals surface area contributed by atoms with Crippen LogP contribution in [0.3, 0.4) is 0 Å². The Hall–Kier alpha value is -2.07. The third-order valence-electron chi connectivity index (χ3n) is 3.99. The first kappa shape index (κ1) is 25.0. The fourth-order valence-corrected chi connectivity index (χ4v) is 2.52. The topological polar surface area (TPSA) is 87.9 Å². The number of carbonyl (C=O) groups excluding carboxylic acids is 1. The summed E-state index contributed by atoms with van der Waals surface area (Å²) >= 11 is 0. The minimum absolute atomic E-state index is 0. The van der Waals surface area contributed by atoms with Gasteiger partial charge in [0.2, 0.25) is 0 Å². The van der Waals surface area contributed by atoms with Crippen LogP contribution in [0.4, 0.5) is 0 Å². The van der Waals surface area contributed by atoms with Gasteiger partial charge in [0.05, 0.1) is 6.26 Å². The summed E-state index contributed by atoms with van der Waals surface area (Å²) in [5.74, 6) is 1.50. The molecule has 1 heterocycles. The SMILES string of the molecule is CCCNC(=O)c1cccc(CNC(=NC)NCCCOCc2ccco2)c1.I. The molecular weight excluding hydrogens is 483 g/mol. The number of guanidine groups is 1. The van der Waals surface area contributed by atoms with E-state index >= 15 is 0 Å². The lowest BCUT2D eigenvalue weighted by Crippen LogP contribution is -2.37. The maximum atomic E-state index is 12.1. The van der Waals surface area contributed by atoms with Crippen molar-refractivity contribution in [1.29, 1.82) is 0 Å². The third-order valence-corrected chi connectivity index (χ3v) is 3.99. The van der Waals surface area contributed by atoms with Gasteiger partial charge in [0.25, 0.3) is 5.91 Å².